The Morgan fingerprint density at radius 3 is 2.71 bits per heavy atom. The van der Waals surface area contributed by atoms with Crippen LogP contribution >= 0.6 is 0 Å². The second kappa shape index (κ2) is 4.45. The van der Waals surface area contributed by atoms with Gasteiger partial charge in [-0.25, -0.2) is 4.98 Å². The van der Waals surface area contributed by atoms with Crippen LogP contribution in [0.4, 0.5) is 13.2 Å². The largest absolute Gasteiger partial charge is 0.390 e. The normalized spacial score (nSPS) is 12.0. The molecule has 0 spiro atoms. The Labute approximate surface area is 79.7 Å². The fraction of sp³-hybridized carbons (Fsp3) is 0.625. The molecule has 0 atom stereocenters. The summed E-state index contributed by atoms with van der Waals surface area (Å²) in [5.41, 5.74) is 1.64. The summed E-state index contributed by atoms with van der Waals surface area (Å²) < 4.78 is 35.2. The fourth-order valence-corrected chi connectivity index (χ4v) is 1.00. The van der Waals surface area contributed by atoms with Crippen molar-refractivity contribution < 1.29 is 13.2 Å². The van der Waals surface area contributed by atoms with Gasteiger partial charge in [-0.1, -0.05) is 0 Å². The summed E-state index contributed by atoms with van der Waals surface area (Å²) in [7, 11) is 0. The average molecular weight is 207 g/mol. The minimum Gasteiger partial charge on any atom is -0.348 e. The van der Waals surface area contributed by atoms with Crippen molar-refractivity contribution in [1.29, 1.82) is 0 Å². The maximum atomic E-state index is 11.7. The molecule has 1 aromatic rings. The highest BCUT2D eigenvalue weighted by Gasteiger charge is 2.25. The molecule has 1 rings (SSSR count). The minimum absolute atomic E-state index is 0.0736. The van der Waals surface area contributed by atoms with Gasteiger partial charge in [0, 0.05) is 18.8 Å². The number of aromatic amines is 1. The molecule has 1 heterocycles. The first-order valence-corrected chi connectivity index (χ1v) is 4.25. The van der Waals surface area contributed by atoms with Crippen LogP contribution in [0, 0.1) is 6.92 Å². The second-order valence-corrected chi connectivity index (χ2v) is 3.02. The Morgan fingerprint density at radius 2 is 2.21 bits per heavy atom. The number of aromatic nitrogens is 2. The first kappa shape index (κ1) is 11.0. The number of aryl methyl sites for hydroxylation is 1. The van der Waals surface area contributed by atoms with Crippen molar-refractivity contribution in [2.75, 3.05) is 6.54 Å². The van der Waals surface area contributed by atoms with Gasteiger partial charge in [0.05, 0.1) is 18.4 Å². The van der Waals surface area contributed by atoms with Gasteiger partial charge in [-0.05, 0) is 6.92 Å². The summed E-state index contributed by atoms with van der Waals surface area (Å²) in [6.07, 6.45) is -3.37. The lowest BCUT2D eigenvalue weighted by molar-refractivity contribution is -0.133. The number of rotatable bonds is 4. The standard InChI is InChI=1S/C8H12F3N3/c1-6-7(14-5-13-6)4-12-3-2-8(9,10)11/h5,12H,2-4H2,1H3,(H,13,14). The average Bonchev–Trinajstić information content (AvgIpc) is 2.44. The van der Waals surface area contributed by atoms with Crippen LogP contribution in [0.2, 0.25) is 0 Å². The lowest BCUT2D eigenvalue weighted by Gasteiger charge is -2.06. The SMILES string of the molecule is Cc1[nH]cnc1CNCCC(F)(F)F. The van der Waals surface area contributed by atoms with E-state index >= 15 is 0 Å². The van der Waals surface area contributed by atoms with Gasteiger partial charge in [0.2, 0.25) is 0 Å². The fourth-order valence-electron chi connectivity index (χ4n) is 1.00. The molecule has 1 aromatic heterocycles. The zero-order valence-corrected chi connectivity index (χ0v) is 7.78. The van der Waals surface area contributed by atoms with E-state index in [-0.39, 0.29) is 6.54 Å². The van der Waals surface area contributed by atoms with Crippen molar-refractivity contribution in [3.8, 4) is 0 Å². The van der Waals surface area contributed by atoms with Crippen LogP contribution < -0.4 is 5.32 Å². The summed E-state index contributed by atoms with van der Waals surface area (Å²) in [6.45, 7) is 2.12. The number of H-pyrrole nitrogens is 1. The molecule has 0 aliphatic carbocycles. The van der Waals surface area contributed by atoms with Crippen molar-refractivity contribution in [1.82, 2.24) is 15.3 Å². The molecule has 0 aliphatic rings. The molecule has 0 amide bonds. The van der Waals surface area contributed by atoms with Crippen LogP contribution in [0.3, 0.4) is 0 Å². The van der Waals surface area contributed by atoms with Gasteiger partial charge in [0.15, 0.2) is 0 Å². The van der Waals surface area contributed by atoms with Crippen LogP contribution in [0.5, 0.6) is 0 Å². The van der Waals surface area contributed by atoms with Gasteiger partial charge >= 0.3 is 6.18 Å². The van der Waals surface area contributed by atoms with Gasteiger partial charge in [0.25, 0.3) is 0 Å². The number of halogens is 3. The summed E-state index contributed by atoms with van der Waals surface area (Å²) in [6, 6.07) is 0. The molecule has 0 aromatic carbocycles. The number of hydrogen-bond acceptors (Lipinski definition) is 2. The Morgan fingerprint density at radius 1 is 1.50 bits per heavy atom. The van der Waals surface area contributed by atoms with E-state index in [0.29, 0.717) is 6.54 Å². The van der Waals surface area contributed by atoms with Gasteiger partial charge in [-0.3, -0.25) is 0 Å². The predicted molar refractivity (Wildman–Crippen MR) is 45.7 cm³/mol. The molecule has 0 saturated heterocycles. The second-order valence-electron chi connectivity index (χ2n) is 3.02. The molecule has 0 aliphatic heterocycles. The van der Waals surface area contributed by atoms with E-state index in [1.165, 1.54) is 6.33 Å². The van der Waals surface area contributed by atoms with Gasteiger partial charge in [-0.2, -0.15) is 13.2 Å². The van der Waals surface area contributed by atoms with E-state index in [1.807, 2.05) is 6.92 Å². The maximum absolute atomic E-state index is 11.7. The van der Waals surface area contributed by atoms with Crippen molar-refractivity contribution in [2.24, 2.45) is 0 Å². The monoisotopic (exact) mass is 207 g/mol. The maximum Gasteiger partial charge on any atom is 0.390 e. The molecule has 0 radical (unpaired) electrons. The zero-order valence-electron chi connectivity index (χ0n) is 7.78. The minimum atomic E-state index is -4.09. The smallest absolute Gasteiger partial charge is 0.348 e. The van der Waals surface area contributed by atoms with Crippen LogP contribution in [-0.4, -0.2) is 22.7 Å². The first-order chi connectivity index (χ1) is 6.49. The molecular formula is C8H12F3N3. The number of imidazole rings is 1. The van der Waals surface area contributed by atoms with Crippen LogP contribution in [0.15, 0.2) is 6.33 Å². The van der Waals surface area contributed by atoms with Crippen molar-refractivity contribution >= 4 is 0 Å². The Bertz CT molecular complexity index is 280. The van der Waals surface area contributed by atoms with Gasteiger partial charge in [0.1, 0.15) is 0 Å². The molecule has 2 N–H and O–H groups in total. The number of nitrogens with zero attached hydrogens (tertiary/aromatic N) is 1. The number of hydrogen-bond donors (Lipinski definition) is 2. The highest BCUT2D eigenvalue weighted by molar-refractivity contribution is 5.07. The Kier molecular flexibility index (Phi) is 3.51. The molecular weight excluding hydrogens is 195 g/mol. The van der Waals surface area contributed by atoms with E-state index in [0.717, 1.165) is 11.4 Å². The third kappa shape index (κ3) is 3.78. The number of alkyl halides is 3. The Balaban J connectivity index is 2.20. The van der Waals surface area contributed by atoms with Crippen molar-refractivity contribution in [3.05, 3.63) is 17.7 Å². The van der Waals surface area contributed by atoms with E-state index in [4.69, 9.17) is 0 Å². The third-order valence-corrected chi connectivity index (χ3v) is 1.81. The molecule has 0 unspecified atom stereocenters. The topological polar surface area (TPSA) is 40.7 Å². The van der Waals surface area contributed by atoms with E-state index in [9.17, 15) is 13.2 Å². The molecule has 6 heteroatoms. The summed E-state index contributed by atoms with van der Waals surface area (Å²) in [5.74, 6) is 0. The van der Waals surface area contributed by atoms with Gasteiger partial charge < -0.3 is 10.3 Å². The van der Waals surface area contributed by atoms with Crippen LogP contribution in [0.25, 0.3) is 0 Å². The van der Waals surface area contributed by atoms with E-state index < -0.39 is 12.6 Å². The van der Waals surface area contributed by atoms with Gasteiger partial charge in [-0.15, -0.1) is 0 Å². The molecule has 3 nitrogen and oxygen atoms in total. The first-order valence-electron chi connectivity index (χ1n) is 4.25. The molecule has 14 heavy (non-hydrogen) atoms. The quantitative estimate of drug-likeness (QED) is 0.738. The highest BCUT2D eigenvalue weighted by Crippen LogP contribution is 2.18. The third-order valence-electron chi connectivity index (χ3n) is 1.81. The predicted octanol–water partition coefficient (Wildman–Crippen LogP) is 1.76. The van der Waals surface area contributed by atoms with Crippen LogP contribution in [-0.2, 0) is 6.54 Å². The summed E-state index contributed by atoms with van der Waals surface area (Å²) in [5, 5.41) is 2.68. The van der Waals surface area contributed by atoms with Crippen LogP contribution in [0.1, 0.15) is 17.8 Å². The van der Waals surface area contributed by atoms with Crippen molar-refractivity contribution in [3.63, 3.8) is 0 Å². The summed E-state index contributed by atoms with van der Waals surface area (Å²) in [4.78, 5) is 6.80. The molecule has 0 bridgehead atoms. The molecule has 0 fully saturated rings. The lowest BCUT2D eigenvalue weighted by Crippen LogP contribution is -2.21. The highest BCUT2D eigenvalue weighted by atomic mass is 19.4. The summed E-state index contributed by atoms with van der Waals surface area (Å²) >= 11 is 0. The van der Waals surface area contributed by atoms with E-state index in [1.54, 1.807) is 0 Å². The van der Waals surface area contributed by atoms with E-state index in [2.05, 4.69) is 15.3 Å². The number of nitrogens with one attached hydrogen (secondary N) is 2. The molecule has 80 valence electrons. The lowest BCUT2D eigenvalue weighted by atomic mass is 10.3. The Hall–Kier alpha value is -1.04. The zero-order chi connectivity index (χ0) is 10.6. The molecule has 0 saturated carbocycles. The van der Waals surface area contributed by atoms with Crippen molar-refractivity contribution in [2.45, 2.75) is 26.1 Å².